The summed E-state index contributed by atoms with van der Waals surface area (Å²) in [6, 6.07) is 0. The standard InChI is InChI=1S/C18H31NO6/c1-13(2)12-25-15(20)11-19-17(23)18(7-4-5-8-18)10-14(16(21)22)6-9-24-3/h13-14H,4-12H2,1-3H3,(H,19,23)(H,21,22)/t14-/m1/s1. The molecule has 0 aliphatic heterocycles. The molecule has 0 aromatic carbocycles. The van der Waals surface area contributed by atoms with Crippen LogP contribution < -0.4 is 5.32 Å². The molecule has 1 saturated carbocycles. The predicted octanol–water partition coefficient (Wildman–Crippen LogP) is 1.99. The van der Waals surface area contributed by atoms with E-state index in [1.54, 1.807) is 0 Å². The maximum Gasteiger partial charge on any atom is 0.325 e. The van der Waals surface area contributed by atoms with Gasteiger partial charge in [0, 0.05) is 13.7 Å². The third-order valence-electron chi connectivity index (χ3n) is 4.67. The van der Waals surface area contributed by atoms with E-state index in [0.29, 0.717) is 32.5 Å². The molecule has 0 radical (unpaired) electrons. The molecule has 1 fully saturated rings. The summed E-state index contributed by atoms with van der Waals surface area (Å²) in [5.41, 5.74) is -0.713. The van der Waals surface area contributed by atoms with Gasteiger partial charge in [-0.3, -0.25) is 14.4 Å². The quantitative estimate of drug-likeness (QED) is 0.548. The lowest BCUT2D eigenvalue weighted by Gasteiger charge is -2.30. The van der Waals surface area contributed by atoms with Crippen molar-refractivity contribution in [2.24, 2.45) is 17.3 Å². The van der Waals surface area contributed by atoms with Crippen LogP contribution in [0.2, 0.25) is 0 Å². The molecule has 1 amide bonds. The monoisotopic (exact) mass is 357 g/mol. The van der Waals surface area contributed by atoms with Crippen molar-refractivity contribution in [3.8, 4) is 0 Å². The molecule has 1 aliphatic carbocycles. The highest BCUT2D eigenvalue weighted by Gasteiger charge is 2.44. The number of rotatable bonds is 11. The number of hydrogen-bond acceptors (Lipinski definition) is 5. The van der Waals surface area contributed by atoms with E-state index >= 15 is 0 Å². The highest BCUT2D eigenvalue weighted by atomic mass is 16.5. The molecular formula is C18H31NO6. The number of aliphatic carboxylic acids is 1. The molecule has 1 atom stereocenters. The van der Waals surface area contributed by atoms with Gasteiger partial charge in [-0.2, -0.15) is 0 Å². The van der Waals surface area contributed by atoms with E-state index in [0.717, 1.165) is 12.8 Å². The van der Waals surface area contributed by atoms with E-state index in [1.807, 2.05) is 13.8 Å². The van der Waals surface area contributed by atoms with Crippen molar-refractivity contribution in [2.45, 2.75) is 52.4 Å². The summed E-state index contributed by atoms with van der Waals surface area (Å²) in [4.78, 5) is 35.9. The maximum absolute atomic E-state index is 12.7. The van der Waals surface area contributed by atoms with Crippen LogP contribution in [-0.2, 0) is 23.9 Å². The first-order chi connectivity index (χ1) is 11.8. The minimum atomic E-state index is -0.910. The van der Waals surface area contributed by atoms with Crippen LogP contribution in [0.3, 0.4) is 0 Å². The highest BCUT2D eigenvalue weighted by molar-refractivity contribution is 5.87. The second-order valence-corrected chi connectivity index (χ2v) is 7.27. The number of carboxylic acid groups (broad SMARTS) is 1. The van der Waals surface area contributed by atoms with Crippen LogP contribution in [0.5, 0.6) is 0 Å². The molecule has 2 N–H and O–H groups in total. The molecule has 144 valence electrons. The molecule has 0 saturated heterocycles. The van der Waals surface area contributed by atoms with Gasteiger partial charge in [-0.15, -0.1) is 0 Å². The van der Waals surface area contributed by atoms with Gasteiger partial charge in [0.25, 0.3) is 0 Å². The molecule has 1 aliphatic rings. The van der Waals surface area contributed by atoms with Crippen LogP contribution in [-0.4, -0.2) is 49.8 Å². The lowest BCUT2D eigenvalue weighted by Crippen LogP contribution is -2.43. The van der Waals surface area contributed by atoms with E-state index in [-0.39, 0.29) is 24.8 Å². The zero-order valence-electron chi connectivity index (χ0n) is 15.5. The smallest absolute Gasteiger partial charge is 0.325 e. The first-order valence-corrected chi connectivity index (χ1v) is 8.96. The summed E-state index contributed by atoms with van der Waals surface area (Å²) in [7, 11) is 1.53. The van der Waals surface area contributed by atoms with Crippen LogP contribution >= 0.6 is 0 Å². The van der Waals surface area contributed by atoms with Gasteiger partial charge < -0.3 is 19.9 Å². The van der Waals surface area contributed by atoms with Gasteiger partial charge in [-0.1, -0.05) is 26.7 Å². The topological polar surface area (TPSA) is 102 Å². The van der Waals surface area contributed by atoms with E-state index in [4.69, 9.17) is 9.47 Å². The van der Waals surface area contributed by atoms with Crippen molar-refractivity contribution < 1.29 is 29.0 Å². The molecule has 0 aromatic rings. The Morgan fingerprint density at radius 3 is 2.36 bits per heavy atom. The highest BCUT2D eigenvalue weighted by Crippen LogP contribution is 2.44. The van der Waals surface area contributed by atoms with Gasteiger partial charge in [-0.05, 0) is 31.6 Å². The van der Waals surface area contributed by atoms with Gasteiger partial charge in [0.15, 0.2) is 0 Å². The SMILES string of the molecule is COCC[C@H](CC1(C(=O)NCC(=O)OCC(C)C)CCCC1)C(=O)O. The number of methoxy groups -OCH3 is 1. The summed E-state index contributed by atoms with van der Waals surface area (Å²) in [5.74, 6) is -2.01. The Hall–Kier alpha value is -1.63. The van der Waals surface area contributed by atoms with Crippen LogP contribution in [0.1, 0.15) is 52.4 Å². The molecule has 0 aromatic heterocycles. The largest absolute Gasteiger partial charge is 0.481 e. The Bertz CT molecular complexity index is 456. The Morgan fingerprint density at radius 2 is 1.84 bits per heavy atom. The zero-order valence-corrected chi connectivity index (χ0v) is 15.5. The van der Waals surface area contributed by atoms with Gasteiger partial charge in [-0.25, -0.2) is 0 Å². The fourth-order valence-electron chi connectivity index (χ4n) is 3.27. The number of hydrogen-bond donors (Lipinski definition) is 2. The summed E-state index contributed by atoms with van der Waals surface area (Å²) in [6.07, 6.45) is 3.73. The lowest BCUT2D eigenvalue weighted by molar-refractivity contribution is -0.148. The number of carbonyl (C=O) groups is 3. The number of esters is 1. The minimum Gasteiger partial charge on any atom is -0.481 e. The predicted molar refractivity (Wildman–Crippen MR) is 91.9 cm³/mol. The maximum atomic E-state index is 12.7. The van der Waals surface area contributed by atoms with Crippen molar-refractivity contribution in [3.05, 3.63) is 0 Å². The van der Waals surface area contributed by atoms with E-state index in [1.165, 1.54) is 7.11 Å². The molecule has 25 heavy (non-hydrogen) atoms. The number of carbonyl (C=O) groups excluding carboxylic acids is 2. The van der Waals surface area contributed by atoms with Gasteiger partial charge >= 0.3 is 11.9 Å². The second kappa shape index (κ2) is 10.4. The van der Waals surface area contributed by atoms with Crippen LogP contribution in [0.15, 0.2) is 0 Å². The number of carboxylic acids is 1. The molecule has 0 spiro atoms. The fraction of sp³-hybridized carbons (Fsp3) is 0.833. The first-order valence-electron chi connectivity index (χ1n) is 8.96. The molecule has 0 heterocycles. The Labute approximate surface area is 149 Å². The van der Waals surface area contributed by atoms with Crippen LogP contribution in [0.4, 0.5) is 0 Å². The van der Waals surface area contributed by atoms with Crippen molar-refractivity contribution in [2.75, 3.05) is 26.9 Å². The lowest BCUT2D eigenvalue weighted by atomic mass is 9.76. The molecular weight excluding hydrogens is 326 g/mol. The van der Waals surface area contributed by atoms with E-state index < -0.39 is 23.3 Å². The van der Waals surface area contributed by atoms with Crippen LogP contribution in [0.25, 0.3) is 0 Å². The molecule has 1 rings (SSSR count). The third-order valence-corrected chi connectivity index (χ3v) is 4.67. The van der Waals surface area contributed by atoms with Crippen molar-refractivity contribution in [1.29, 1.82) is 0 Å². The van der Waals surface area contributed by atoms with Crippen molar-refractivity contribution >= 4 is 17.8 Å². The number of nitrogens with one attached hydrogen (secondary N) is 1. The van der Waals surface area contributed by atoms with Crippen LogP contribution in [0, 0.1) is 17.3 Å². The van der Waals surface area contributed by atoms with E-state index in [9.17, 15) is 19.5 Å². The Balaban J connectivity index is 2.65. The van der Waals surface area contributed by atoms with Gasteiger partial charge in [0.2, 0.25) is 5.91 Å². The molecule has 7 nitrogen and oxygen atoms in total. The fourth-order valence-corrected chi connectivity index (χ4v) is 3.27. The van der Waals surface area contributed by atoms with E-state index in [2.05, 4.69) is 5.32 Å². The zero-order chi connectivity index (χ0) is 18.9. The number of ether oxygens (including phenoxy) is 2. The molecule has 7 heteroatoms. The Morgan fingerprint density at radius 1 is 1.20 bits per heavy atom. The molecule has 0 unspecified atom stereocenters. The third kappa shape index (κ3) is 7.02. The minimum absolute atomic E-state index is 0.177. The van der Waals surface area contributed by atoms with Crippen molar-refractivity contribution in [3.63, 3.8) is 0 Å². The number of amides is 1. The first kappa shape index (κ1) is 21.4. The summed E-state index contributed by atoms with van der Waals surface area (Å²) in [5, 5.41) is 12.1. The average Bonchev–Trinajstić information content (AvgIpc) is 3.04. The average molecular weight is 357 g/mol. The Kier molecular flexibility index (Phi) is 8.89. The summed E-state index contributed by atoms with van der Waals surface area (Å²) in [6.45, 7) is 4.36. The van der Waals surface area contributed by atoms with Crippen molar-refractivity contribution in [1.82, 2.24) is 5.32 Å². The van der Waals surface area contributed by atoms with Gasteiger partial charge in [0.1, 0.15) is 6.54 Å². The summed E-state index contributed by atoms with van der Waals surface area (Å²) >= 11 is 0. The van der Waals surface area contributed by atoms with Gasteiger partial charge in [0.05, 0.1) is 17.9 Å². The summed E-state index contributed by atoms with van der Waals surface area (Å²) < 4.78 is 10.0. The second-order valence-electron chi connectivity index (χ2n) is 7.27. The normalized spacial score (nSPS) is 17.3. The molecule has 0 bridgehead atoms.